The standard InChI is InChI=1S/C9H14N2O4S2/c1-8-4-6-9(7-5-8)17(14,15)11(2)10-16(3,12)13/h4-7,10H,1-3H3. The third-order valence-corrected chi connectivity index (χ3v) is 4.38. The predicted molar refractivity (Wildman–Crippen MR) is 64.1 cm³/mol. The van der Waals surface area contributed by atoms with Gasteiger partial charge in [0.15, 0.2) is 0 Å². The molecule has 17 heavy (non-hydrogen) atoms. The lowest BCUT2D eigenvalue weighted by Crippen LogP contribution is -2.42. The van der Waals surface area contributed by atoms with Crippen LogP contribution in [0.1, 0.15) is 5.56 Å². The molecular formula is C9H14N2O4S2. The van der Waals surface area contributed by atoms with Gasteiger partial charge < -0.3 is 0 Å². The van der Waals surface area contributed by atoms with Crippen molar-refractivity contribution in [3.8, 4) is 0 Å². The molecule has 0 bridgehead atoms. The fourth-order valence-electron chi connectivity index (χ4n) is 1.15. The highest BCUT2D eigenvalue weighted by Crippen LogP contribution is 2.13. The van der Waals surface area contributed by atoms with Gasteiger partial charge in [0.05, 0.1) is 11.2 Å². The molecule has 8 heteroatoms. The van der Waals surface area contributed by atoms with E-state index in [1.54, 1.807) is 12.1 Å². The predicted octanol–water partition coefficient (Wildman–Crippen LogP) is 0.0797. The van der Waals surface area contributed by atoms with Gasteiger partial charge in [-0.15, -0.1) is 9.25 Å². The zero-order valence-corrected chi connectivity index (χ0v) is 11.3. The Kier molecular flexibility index (Phi) is 3.92. The van der Waals surface area contributed by atoms with Crippen LogP contribution in [-0.4, -0.2) is 34.6 Å². The number of hydrogen-bond acceptors (Lipinski definition) is 4. The van der Waals surface area contributed by atoms with Crippen LogP contribution in [0.15, 0.2) is 29.2 Å². The molecule has 0 fully saturated rings. The van der Waals surface area contributed by atoms with Gasteiger partial charge in [-0.3, -0.25) is 0 Å². The van der Waals surface area contributed by atoms with Crippen LogP contribution in [0.25, 0.3) is 0 Å². The van der Waals surface area contributed by atoms with Gasteiger partial charge >= 0.3 is 0 Å². The van der Waals surface area contributed by atoms with Gasteiger partial charge in [0.2, 0.25) is 10.0 Å². The normalized spacial score (nSPS) is 12.9. The summed E-state index contributed by atoms with van der Waals surface area (Å²) in [6, 6.07) is 6.12. The molecule has 96 valence electrons. The molecule has 1 aromatic carbocycles. The molecule has 0 aromatic heterocycles. The van der Waals surface area contributed by atoms with Crippen molar-refractivity contribution >= 4 is 20.0 Å². The van der Waals surface area contributed by atoms with E-state index in [1.807, 2.05) is 11.8 Å². The van der Waals surface area contributed by atoms with E-state index in [-0.39, 0.29) is 4.90 Å². The highest BCUT2D eigenvalue weighted by Gasteiger charge is 2.22. The fourth-order valence-corrected chi connectivity index (χ4v) is 3.21. The first-order valence-corrected chi connectivity index (χ1v) is 7.99. The van der Waals surface area contributed by atoms with Crippen molar-refractivity contribution in [2.45, 2.75) is 11.8 Å². The smallest absolute Gasteiger partial charge is 0.211 e. The van der Waals surface area contributed by atoms with E-state index >= 15 is 0 Å². The maximum Gasteiger partial charge on any atom is 0.256 e. The Bertz CT molecular complexity index is 590. The molecule has 0 saturated carbocycles. The van der Waals surface area contributed by atoms with Gasteiger partial charge in [-0.2, -0.15) is 0 Å². The minimum atomic E-state index is -3.85. The first kappa shape index (κ1) is 14.1. The van der Waals surface area contributed by atoms with Crippen molar-refractivity contribution in [2.24, 2.45) is 0 Å². The number of rotatable bonds is 4. The van der Waals surface area contributed by atoms with E-state index in [4.69, 9.17) is 0 Å². The van der Waals surface area contributed by atoms with Gasteiger partial charge in [-0.05, 0) is 19.1 Å². The molecule has 0 radical (unpaired) electrons. The number of nitrogens with one attached hydrogen (secondary N) is 1. The number of nitrogens with zero attached hydrogens (tertiary/aromatic N) is 1. The summed E-state index contributed by atoms with van der Waals surface area (Å²) in [6.45, 7) is 1.83. The Hall–Kier alpha value is -0.960. The van der Waals surface area contributed by atoms with Crippen LogP contribution in [0, 0.1) is 6.92 Å². The van der Waals surface area contributed by atoms with Crippen molar-refractivity contribution in [3.63, 3.8) is 0 Å². The number of hydrazine groups is 1. The van der Waals surface area contributed by atoms with Crippen molar-refractivity contribution in [3.05, 3.63) is 29.8 Å². The Morgan fingerprint density at radius 1 is 1.06 bits per heavy atom. The van der Waals surface area contributed by atoms with Crippen LogP contribution in [0.5, 0.6) is 0 Å². The quantitative estimate of drug-likeness (QED) is 0.791. The van der Waals surface area contributed by atoms with Gasteiger partial charge in [-0.1, -0.05) is 17.7 Å². The summed E-state index contributed by atoms with van der Waals surface area (Å²) >= 11 is 0. The summed E-state index contributed by atoms with van der Waals surface area (Å²) in [7, 11) is -6.34. The summed E-state index contributed by atoms with van der Waals surface area (Å²) in [4.78, 5) is 1.92. The molecule has 0 aliphatic carbocycles. The summed E-state index contributed by atoms with van der Waals surface area (Å²) in [5.74, 6) is 0. The van der Waals surface area contributed by atoms with Crippen LogP contribution < -0.4 is 4.83 Å². The van der Waals surface area contributed by atoms with Gasteiger partial charge in [0, 0.05) is 7.05 Å². The van der Waals surface area contributed by atoms with Crippen molar-refractivity contribution in [1.29, 1.82) is 0 Å². The summed E-state index contributed by atoms with van der Waals surface area (Å²) in [6.07, 6.45) is 0.883. The summed E-state index contributed by atoms with van der Waals surface area (Å²) in [5, 5.41) is 0. The minimum Gasteiger partial charge on any atom is -0.211 e. The minimum absolute atomic E-state index is 0.0294. The first-order chi connectivity index (χ1) is 7.63. The Labute approximate surface area is 101 Å². The summed E-state index contributed by atoms with van der Waals surface area (Å²) < 4.78 is 46.3. The number of sulfonamides is 2. The lowest BCUT2D eigenvalue weighted by atomic mass is 10.2. The highest BCUT2D eigenvalue weighted by molar-refractivity contribution is 7.91. The van der Waals surface area contributed by atoms with Crippen molar-refractivity contribution in [1.82, 2.24) is 9.25 Å². The van der Waals surface area contributed by atoms with Crippen LogP contribution in [0.4, 0.5) is 0 Å². The molecule has 0 atom stereocenters. The van der Waals surface area contributed by atoms with E-state index in [1.165, 1.54) is 12.1 Å². The van der Waals surface area contributed by atoms with E-state index < -0.39 is 20.0 Å². The van der Waals surface area contributed by atoms with E-state index in [2.05, 4.69) is 0 Å². The van der Waals surface area contributed by atoms with Gasteiger partial charge in [-0.25, -0.2) is 16.8 Å². The lowest BCUT2D eigenvalue weighted by Gasteiger charge is -2.16. The Morgan fingerprint density at radius 2 is 1.53 bits per heavy atom. The molecule has 0 saturated heterocycles. The second kappa shape index (κ2) is 4.73. The third-order valence-electron chi connectivity index (χ3n) is 1.97. The fraction of sp³-hybridized carbons (Fsp3) is 0.333. The Balaban J connectivity index is 3.07. The van der Waals surface area contributed by atoms with Gasteiger partial charge in [0.1, 0.15) is 0 Å². The van der Waals surface area contributed by atoms with E-state index in [0.29, 0.717) is 4.41 Å². The van der Waals surface area contributed by atoms with Crippen LogP contribution in [-0.2, 0) is 20.0 Å². The molecule has 0 heterocycles. The number of hydrogen-bond donors (Lipinski definition) is 1. The molecule has 1 aromatic rings. The molecular weight excluding hydrogens is 264 g/mol. The van der Waals surface area contributed by atoms with Crippen LogP contribution in [0.3, 0.4) is 0 Å². The zero-order chi connectivity index (χ0) is 13.3. The SMILES string of the molecule is Cc1ccc(S(=O)(=O)N(C)NS(C)(=O)=O)cc1. The molecule has 0 spiro atoms. The average molecular weight is 278 g/mol. The van der Waals surface area contributed by atoms with Crippen molar-refractivity contribution in [2.75, 3.05) is 13.3 Å². The second-order valence-electron chi connectivity index (χ2n) is 3.65. The molecule has 0 aliphatic heterocycles. The topological polar surface area (TPSA) is 83.6 Å². The number of benzene rings is 1. The third kappa shape index (κ3) is 3.77. The second-order valence-corrected chi connectivity index (χ2v) is 7.35. The lowest BCUT2D eigenvalue weighted by molar-refractivity contribution is 0.434. The summed E-state index contributed by atoms with van der Waals surface area (Å²) in [5.41, 5.74) is 0.919. The van der Waals surface area contributed by atoms with Crippen molar-refractivity contribution < 1.29 is 16.8 Å². The molecule has 0 amide bonds. The van der Waals surface area contributed by atoms with Crippen LogP contribution in [0.2, 0.25) is 0 Å². The van der Waals surface area contributed by atoms with Gasteiger partial charge in [0.25, 0.3) is 10.0 Å². The van der Waals surface area contributed by atoms with E-state index in [9.17, 15) is 16.8 Å². The largest absolute Gasteiger partial charge is 0.256 e. The van der Waals surface area contributed by atoms with Crippen LogP contribution >= 0.6 is 0 Å². The maximum atomic E-state index is 11.9. The Morgan fingerprint density at radius 3 is 1.94 bits per heavy atom. The molecule has 1 rings (SSSR count). The number of aryl methyl sites for hydroxylation is 1. The zero-order valence-electron chi connectivity index (χ0n) is 9.71. The first-order valence-electron chi connectivity index (χ1n) is 4.66. The molecule has 1 N–H and O–H groups in total. The maximum absolute atomic E-state index is 11.9. The molecule has 0 aliphatic rings. The molecule has 0 unspecified atom stereocenters. The molecule has 6 nitrogen and oxygen atoms in total. The monoisotopic (exact) mass is 278 g/mol. The van der Waals surface area contributed by atoms with E-state index in [0.717, 1.165) is 18.9 Å². The average Bonchev–Trinajstić information content (AvgIpc) is 2.15. The highest BCUT2D eigenvalue weighted by atomic mass is 32.2.